The molecule has 0 atom stereocenters. The number of sulfone groups is 2. The molecule has 8 heteroatoms. The minimum absolute atomic E-state index is 0.118. The minimum atomic E-state index is -4.38. The first-order chi connectivity index (χ1) is 15.4. The standard InChI is InChI=1S/C24H18N2O4S2/c27-31(28)22-16-9-17-23(22)32(29,30)24(31)25(18-10-3-1-4-11-18)20-14-7-8-15-21(20)26(24)19-12-5-2-6-13-19/h1-8,10-17H,9H2. The number of anilines is 4. The van der Waals surface area contributed by atoms with Crippen LogP contribution in [0.25, 0.3) is 0 Å². The van der Waals surface area contributed by atoms with Crippen LogP contribution in [-0.2, 0) is 19.7 Å². The zero-order valence-corrected chi connectivity index (χ0v) is 18.4. The van der Waals surface area contributed by atoms with Gasteiger partial charge in [-0.2, -0.15) is 0 Å². The van der Waals surface area contributed by atoms with E-state index in [4.69, 9.17) is 0 Å². The summed E-state index contributed by atoms with van der Waals surface area (Å²) in [4.78, 5) is 2.68. The van der Waals surface area contributed by atoms with Crippen LogP contribution in [-0.4, -0.2) is 21.2 Å². The Kier molecular flexibility index (Phi) is 3.83. The van der Waals surface area contributed by atoms with E-state index in [0.717, 1.165) is 0 Å². The van der Waals surface area contributed by atoms with Gasteiger partial charge in [-0.25, -0.2) is 16.8 Å². The van der Waals surface area contributed by atoms with Gasteiger partial charge >= 0.3 is 4.33 Å². The van der Waals surface area contributed by atoms with Gasteiger partial charge < -0.3 is 0 Å². The summed E-state index contributed by atoms with van der Waals surface area (Å²) in [5.41, 5.74) is 1.98. The summed E-state index contributed by atoms with van der Waals surface area (Å²) in [5.74, 6) is 0. The molecule has 1 spiro atoms. The van der Waals surface area contributed by atoms with Gasteiger partial charge in [0.15, 0.2) is 0 Å². The molecular formula is C24H18N2O4S2. The zero-order valence-electron chi connectivity index (χ0n) is 16.8. The zero-order chi connectivity index (χ0) is 22.1. The van der Waals surface area contributed by atoms with E-state index < -0.39 is 24.0 Å². The topological polar surface area (TPSA) is 74.8 Å². The third kappa shape index (κ3) is 2.09. The molecule has 1 aliphatic carbocycles. The third-order valence-corrected chi connectivity index (χ3v) is 11.6. The first-order valence-electron chi connectivity index (χ1n) is 10.1. The maximum Gasteiger partial charge on any atom is 0.339 e. The minimum Gasteiger partial charge on any atom is -0.289 e. The van der Waals surface area contributed by atoms with Crippen molar-refractivity contribution in [3.63, 3.8) is 0 Å². The van der Waals surface area contributed by atoms with Crippen molar-refractivity contribution in [3.8, 4) is 0 Å². The molecule has 0 saturated carbocycles. The fourth-order valence-electron chi connectivity index (χ4n) is 4.88. The molecule has 1 saturated heterocycles. The average molecular weight is 463 g/mol. The van der Waals surface area contributed by atoms with Crippen LogP contribution in [0, 0.1) is 0 Å². The summed E-state index contributed by atoms with van der Waals surface area (Å²) >= 11 is 0. The van der Waals surface area contributed by atoms with E-state index in [1.807, 2.05) is 12.1 Å². The molecule has 6 nitrogen and oxygen atoms in total. The SMILES string of the molecule is O=S1(=O)C2=CCC=C2S(=O)(=O)C12N(c1ccccc1)c1ccccc1N2c1ccccc1. The number of rotatable bonds is 2. The second-order valence-corrected chi connectivity index (χ2v) is 12.0. The molecule has 0 unspecified atom stereocenters. The van der Waals surface area contributed by atoms with E-state index in [-0.39, 0.29) is 16.2 Å². The van der Waals surface area contributed by atoms with Crippen molar-refractivity contribution in [3.05, 3.63) is 107 Å². The Balaban J connectivity index is 1.82. The molecule has 32 heavy (non-hydrogen) atoms. The molecule has 3 aliphatic rings. The second kappa shape index (κ2) is 6.34. The molecule has 0 radical (unpaired) electrons. The van der Waals surface area contributed by atoms with Gasteiger partial charge in [0.05, 0.1) is 21.2 Å². The summed E-state index contributed by atoms with van der Waals surface area (Å²) in [5, 5.41) is 0. The Morgan fingerprint density at radius 3 is 1.34 bits per heavy atom. The molecule has 2 heterocycles. The van der Waals surface area contributed by atoms with Crippen molar-refractivity contribution in [1.29, 1.82) is 0 Å². The second-order valence-electron chi connectivity index (χ2n) is 7.76. The van der Waals surface area contributed by atoms with Gasteiger partial charge in [-0.3, -0.25) is 9.80 Å². The molecule has 0 amide bonds. The summed E-state index contributed by atoms with van der Waals surface area (Å²) in [6, 6.07) is 24.7. The van der Waals surface area contributed by atoms with Crippen molar-refractivity contribution in [2.45, 2.75) is 10.7 Å². The first kappa shape index (κ1) is 19.3. The smallest absolute Gasteiger partial charge is 0.289 e. The highest BCUT2D eigenvalue weighted by molar-refractivity contribution is 8.18. The number of allylic oxidation sites excluding steroid dienone is 2. The van der Waals surface area contributed by atoms with Gasteiger partial charge in [-0.1, -0.05) is 60.7 Å². The Labute approximate surface area is 186 Å². The lowest BCUT2D eigenvalue weighted by molar-refractivity contribution is 0.558. The van der Waals surface area contributed by atoms with E-state index in [0.29, 0.717) is 22.7 Å². The Morgan fingerprint density at radius 1 is 0.562 bits per heavy atom. The Hall–Kier alpha value is -3.36. The third-order valence-electron chi connectivity index (χ3n) is 6.09. The van der Waals surface area contributed by atoms with E-state index in [9.17, 15) is 16.8 Å². The van der Waals surface area contributed by atoms with Crippen molar-refractivity contribution in [2.24, 2.45) is 0 Å². The fourth-order valence-corrected chi connectivity index (χ4v) is 10.9. The molecule has 6 rings (SSSR count). The van der Waals surface area contributed by atoms with Crippen LogP contribution < -0.4 is 9.80 Å². The molecule has 160 valence electrons. The van der Waals surface area contributed by atoms with Crippen LogP contribution in [0.2, 0.25) is 0 Å². The number of hydrogen-bond acceptors (Lipinski definition) is 6. The number of nitrogens with zero attached hydrogens (tertiary/aromatic N) is 2. The lowest BCUT2D eigenvalue weighted by atomic mass is 10.2. The van der Waals surface area contributed by atoms with Crippen molar-refractivity contribution in [2.75, 3.05) is 9.80 Å². The number of hydrogen-bond donors (Lipinski definition) is 0. The van der Waals surface area contributed by atoms with Crippen molar-refractivity contribution >= 4 is 42.4 Å². The largest absolute Gasteiger partial charge is 0.339 e. The molecule has 2 aliphatic heterocycles. The number of fused-ring (bicyclic) bond motifs is 2. The van der Waals surface area contributed by atoms with Crippen LogP contribution >= 0.6 is 0 Å². The van der Waals surface area contributed by atoms with Crippen molar-refractivity contribution < 1.29 is 16.8 Å². The maximum atomic E-state index is 14.3. The average Bonchev–Trinajstić information content (AvgIpc) is 3.46. The molecule has 0 aromatic heterocycles. The van der Waals surface area contributed by atoms with Crippen molar-refractivity contribution in [1.82, 2.24) is 0 Å². The number of benzene rings is 3. The Morgan fingerprint density at radius 2 is 0.938 bits per heavy atom. The molecule has 3 aromatic carbocycles. The highest BCUT2D eigenvalue weighted by Gasteiger charge is 2.75. The summed E-state index contributed by atoms with van der Waals surface area (Å²) in [6.07, 6.45) is 3.27. The van der Waals surface area contributed by atoms with Crippen LogP contribution in [0.15, 0.2) is 107 Å². The summed E-state index contributed by atoms with van der Waals surface area (Å²) in [6.45, 7) is 0. The summed E-state index contributed by atoms with van der Waals surface area (Å²) in [7, 11) is -8.75. The summed E-state index contributed by atoms with van der Waals surface area (Å²) < 4.78 is 54.7. The molecular weight excluding hydrogens is 444 g/mol. The van der Waals surface area contributed by atoms with Crippen LogP contribution in [0.4, 0.5) is 22.7 Å². The lowest BCUT2D eigenvalue weighted by Gasteiger charge is -2.40. The van der Waals surface area contributed by atoms with Gasteiger partial charge in [0.2, 0.25) is 19.7 Å². The van der Waals surface area contributed by atoms with E-state index in [2.05, 4.69) is 0 Å². The highest BCUT2D eigenvalue weighted by Crippen LogP contribution is 2.63. The lowest BCUT2D eigenvalue weighted by Crippen LogP contribution is -2.61. The maximum absolute atomic E-state index is 14.3. The number of para-hydroxylation sites is 4. The quantitative estimate of drug-likeness (QED) is 0.554. The van der Waals surface area contributed by atoms with E-state index in [1.54, 1.807) is 72.8 Å². The predicted octanol–water partition coefficient (Wildman–Crippen LogP) is 4.60. The highest BCUT2D eigenvalue weighted by atomic mass is 32.3. The van der Waals surface area contributed by atoms with Gasteiger partial charge in [-0.15, -0.1) is 0 Å². The van der Waals surface area contributed by atoms with Gasteiger partial charge in [0, 0.05) is 11.4 Å². The molecule has 3 aromatic rings. The van der Waals surface area contributed by atoms with Crippen LogP contribution in [0.5, 0.6) is 0 Å². The molecule has 0 bridgehead atoms. The predicted molar refractivity (Wildman–Crippen MR) is 125 cm³/mol. The van der Waals surface area contributed by atoms with Gasteiger partial charge in [-0.05, 0) is 42.8 Å². The van der Waals surface area contributed by atoms with Gasteiger partial charge in [0.25, 0.3) is 0 Å². The molecule has 1 fully saturated rings. The van der Waals surface area contributed by atoms with E-state index in [1.165, 1.54) is 22.0 Å². The monoisotopic (exact) mass is 462 g/mol. The van der Waals surface area contributed by atoms with E-state index >= 15 is 0 Å². The fraction of sp³-hybridized carbons (Fsp3) is 0.0833. The first-order valence-corrected chi connectivity index (χ1v) is 13.1. The van der Waals surface area contributed by atoms with Crippen LogP contribution in [0.1, 0.15) is 6.42 Å². The Bertz CT molecular complexity index is 1410. The molecule has 0 N–H and O–H groups in total. The normalized spacial score (nSPS) is 21.2. The van der Waals surface area contributed by atoms with Gasteiger partial charge in [0.1, 0.15) is 0 Å². The van der Waals surface area contributed by atoms with Crippen LogP contribution in [0.3, 0.4) is 0 Å².